The quantitative estimate of drug-likeness (QED) is 0.440. The maximum Gasteiger partial charge on any atom is 0.295 e. The second kappa shape index (κ2) is 6.87. The van der Waals surface area contributed by atoms with Crippen molar-refractivity contribution < 1.29 is 4.79 Å². The molecule has 0 unspecified atom stereocenters. The number of benzene rings is 3. The van der Waals surface area contributed by atoms with Crippen molar-refractivity contribution in [2.24, 2.45) is 0 Å². The van der Waals surface area contributed by atoms with Crippen molar-refractivity contribution >= 4 is 22.5 Å². The van der Waals surface area contributed by atoms with Gasteiger partial charge in [-0.15, -0.1) is 0 Å². The topological polar surface area (TPSA) is 56.4 Å². The Bertz CT molecular complexity index is 1400. The van der Waals surface area contributed by atoms with Gasteiger partial charge in [0.05, 0.1) is 23.3 Å². The van der Waals surface area contributed by atoms with Crippen LogP contribution in [0.15, 0.2) is 95.9 Å². The van der Waals surface area contributed by atoms with Crippen LogP contribution in [0.2, 0.25) is 0 Å². The summed E-state index contributed by atoms with van der Waals surface area (Å²) in [7, 11) is 0. The van der Waals surface area contributed by atoms with E-state index in [4.69, 9.17) is 0 Å². The lowest BCUT2D eigenvalue weighted by atomic mass is 10.1. The molecule has 0 aliphatic heterocycles. The molecule has 2 aromatic heterocycles. The molecule has 0 amide bonds. The first-order valence-electron chi connectivity index (χ1n) is 9.37. The number of fused-ring (bicyclic) bond motifs is 3. The van der Waals surface area contributed by atoms with Crippen LogP contribution in [-0.4, -0.2) is 19.7 Å². The van der Waals surface area contributed by atoms with Crippen LogP contribution in [0.4, 0.5) is 0 Å². The predicted molar refractivity (Wildman–Crippen MR) is 113 cm³/mol. The van der Waals surface area contributed by atoms with Gasteiger partial charge in [-0.2, -0.15) is 0 Å². The Morgan fingerprint density at radius 1 is 0.793 bits per heavy atom. The van der Waals surface area contributed by atoms with Gasteiger partial charge in [0.25, 0.3) is 5.56 Å². The number of carbonyl (C=O) groups is 1. The molecule has 140 valence electrons. The molecule has 5 heteroatoms. The van der Waals surface area contributed by atoms with Gasteiger partial charge in [0.2, 0.25) is 5.65 Å². The van der Waals surface area contributed by atoms with Gasteiger partial charge in [0.15, 0.2) is 5.78 Å². The van der Waals surface area contributed by atoms with Crippen LogP contribution < -0.4 is 5.56 Å². The molecule has 5 nitrogen and oxygen atoms in total. The molecular weight excluding hydrogens is 362 g/mol. The van der Waals surface area contributed by atoms with Crippen molar-refractivity contribution in [1.82, 2.24) is 14.0 Å². The summed E-state index contributed by atoms with van der Waals surface area (Å²) in [5.74, 6) is -0.114. The molecule has 0 atom stereocenters. The van der Waals surface area contributed by atoms with Crippen molar-refractivity contribution in [1.29, 1.82) is 0 Å². The van der Waals surface area contributed by atoms with Gasteiger partial charge in [-0.3, -0.25) is 18.6 Å². The minimum atomic E-state index is -0.282. The van der Waals surface area contributed by atoms with Crippen LogP contribution >= 0.6 is 0 Å². The fraction of sp³-hybridized carbons (Fsp3) is 0.0417. The first kappa shape index (κ1) is 17.1. The molecule has 0 aliphatic carbocycles. The van der Waals surface area contributed by atoms with E-state index in [1.54, 1.807) is 12.1 Å². The summed E-state index contributed by atoms with van der Waals surface area (Å²) < 4.78 is 3.32. The van der Waals surface area contributed by atoms with Crippen LogP contribution in [0.5, 0.6) is 0 Å². The molecule has 0 saturated carbocycles. The van der Waals surface area contributed by atoms with E-state index in [0.29, 0.717) is 16.7 Å². The first-order chi connectivity index (χ1) is 14.2. The van der Waals surface area contributed by atoms with Crippen molar-refractivity contribution in [3.8, 4) is 11.3 Å². The zero-order chi connectivity index (χ0) is 19.8. The molecular formula is C24H17N3O2. The highest BCUT2D eigenvalue weighted by Gasteiger charge is 2.17. The normalized spacial score (nSPS) is 11.2. The van der Waals surface area contributed by atoms with Gasteiger partial charge in [-0.05, 0) is 12.1 Å². The smallest absolute Gasteiger partial charge is 0.295 e. The monoisotopic (exact) mass is 379 g/mol. The molecule has 0 saturated heterocycles. The molecule has 0 fully saturated rings. The lowest BCUT2D eigenvalue weighted by Gasteiger charge is -2.11. The molecule has 3 aromatic carbocycles. The van der Waals surface area contributed by atoms with E-state index >= 15 is 0 Å². The number of carbonyl (C=O) groups excluding carboxylic acids is 1. The third-order valence-corrected chi connectivity index (χ3v) is 5.04. The molecule has 0 N–H and O–H groups in total. The van der Waals surface area contributed by atoms with E-state index in [1.807, 2.05) is 83.4 Å². The fourth-order valence-corrected chi connectivity index (χ4v) is 3.60. The number of ketones is 1. The van der Waals surface area contributed by atoms with Crippen molar-refractivity contribution in [2.45, 2.75) is 6.54 Å². The number of nitrogens with zero attached hydrogens (tertiary/aromatic N) is 3. The summed E-state index contributed by atoms with van der Waals surface area (Å²) in [5.41, 5.74) is 3.80. The molecule has 5 aromatic rings. The van der Waals surface area contributed by atoms with E-state index in [9.17, 15) is 9.59 Å². The van der Waals surface area contributed by atoms with Crippen LogP contribution in [-0.2, 0) is 6.54 Å². The van der Waals surface area contributed by atoms with E-state index in [0.717, 1.165) is 16.8 Å². The Morgan fingerprint density at radius 3 is 2.14 bits per heavy atom. The largest absolute Gasteiger partial charge is 0.296 e. The fourth-order valence-electron chi connectivity index (χ4n) is 3.60. The number of hydrogen-bond acceptors (Lipinski definition) is 3. The number of Topliss-reactive ketones (excluding diaryl/α,β-unsaturated/α-hetero) is 1. The Hall–Kier alpha value is -3.99. The van der Waals surface area contributed by atoms with Crippen LogP contribution in [0.1, 0.15) is 10.4 Å². The average Bonchev–Trinajstić information content (AvgIpc) is 3.24. The lowest BCUT2D eigenvalue weighted by Crippen LogP contribution is -2.26. The van der Waals surface area contributed by atoms with Gasteiger partial charge in [0, 0.05) is 17.3 Å². The van der Waals surface area contributed by atoms with Gasteiger partial charge in [-0.25, -0.2) is 4.98 Å². The summed E-state index contributed by atoms with van der Waals surface area (Å²) in [6, 6.07) is 26.3. The first-order valence-corrected chi connectivity index (χ1v) is 9.37. The Labute approximate surface area is 166 Å². The van der Waals surface area contributed by atoms with E-state index in [-0.39, 0.29) is 17.9 Å². The molecule has 0 bridgehead atoms. The van der Waals surface area contributed by atoms with Crippen molar-refractivity contribution in [3.05, 3.63) is 107 Å². The number of rotatable bonds is 4. The highest BCUT2D eigenvalue weighted by Crippen LogP contribution is 2.21. The third-order valence-electron chi connectivity index (χ3n) is 5.04. The zero-order valence-corrected chi connectivity index (χ0v) is 15.5. The second-order valence-corrected chi connectivity index (χ2v) is 6.85. The van der Waals surface area contributed by atoms with Gasteiger partial charge in [-0.1, -0.05) is 72.8 Å². The molecule has 0 spiro atoms. The summed E-state index contributed by atoms with van der Waals surface area (Å²) in [4.78, 5) is 30.7. The van der Waals surface area contributed by atoms with Crippen LogP contribution in [0.3, 0.4) is 0 Å². The van der Waals surface area contributed by atoms with E-state index < -0.39 is 0 Å². The van der Waals surface area contributed by atoms with Crippen molar-refractivity contribution in [2.75, 3.05) is 0 Å². The van der Waals surface area contributed by atoms with Gasteiger partial charge >= 0.3 is 0 Å². The SMILES string of the molecule is O=C(Cn1c(=O)c2nc(-c3ccccc3)cn2c2ccccc21)c1ccccc1. The molecule has 29 heavy (non-hydrogen) atoms. The maximum atomic E-state index is 13.3. The average molecular weight is 379 g/mol. The minimum Gasteiger partial charge on any atom is -0.296 e. The standard InChI is InChI=1S/C24H17N3O2/c28-22(18-11-5-2-6-12-18)16-27-21-14-8-7-13-20(21)26-15-19(25-23(26)24(27)29)17-9-3-1-4-10-17/h1-15H,16H2. The predicted octanol–water partition coefficient (Wildman–Crippen LogP) is 4.20. The summed E-state index contributed by atoms with van der Waals surface area (Å²) in [6.07, 6.45) is 1.87. The third kappa shape index (κ3) is 2.93. The minimum absolute atomic E-state index is 0.0343. The number of hydrogen-bond donors (Lipinski definition) is 0. The Kier molecular flexibility index (Phi) is 4.06. The van der Waals surface area contributed by atoms with Gasteiger partial charge < -0.3 is 0 Å². The number of aromatic nitrogens is 3. The molecule has 5 rings (SSSR count). The Morgan fingerprint density at radius 2 is 1.41 bits per heavy atom. The maximum absolute atomic E-state index is 13.3. The highest BCUT2D eigenvalue weighted by molar-refractivity contribution is 5.96. The zero-order valence-electron chi connectivity index (χ0n) is 15.5. The Balaban J connectivity index is 1.72. The number of imidazole rings is 1. The van der Waals surface area contributed by atoms with Gasteiger partial charge in [0.1, 0.15) is 0 Å². The second-order valence-electron chi connectivity index (χ2n) is 6.85. The van der Waals surface area contributed by atoms with E-state index in [2.05, 4.69) is 4.98 Å². The van der Waals surface area contributed by atoms with Crippen LogP contribution in [0.25, 0.3) is 27.9 Å². The van der Waals surface area contributed by atoms with E-state index in [1.165, 1.54) is 4.57 Å². The molecule has 0 aliphatic rings. The lowest BCUT2D eigenvalue weighted by molar-refractivity contribution is 0.0972. The summed E-state index contributed by atoms with van der Waals surface area (Å²) in [6.45, 7) is -0.0343. The number of para-hydroxylation sites is 2. The van der Waals surface area contributed by atoms with Crippen molar-refractivity contribution in [3.63, 3.8) is 0 Å². The summed E-state index contributed by atoms with van der Waals surface area (Å²) >= 11 is 0. The molecule has 2 heterocycles. The highest BCUT2D eigenvalue weighted by atomic mass is 16.1. The summed E-state index contributed by atoms with van der Waals surface area (Å²) in [5, 5.41) is 0. The van der Waals surface area contributed by atoms with Crippen LogP contribution in [0, 0.1) is 0 Å². The molecule has 0 radical (unpaired) electrons.